The molecule has 2 nitrogen and oxygen atoms in total. The van der Waals surface area contributed by atoms with Gasteiger partial charge in [0.2, 0.25) is 0 Å². The number of nitrogens with zero attached hydrogens (tertiary/aromatic N) is 2. The summed E-state index contributed by atoms with van der Waals surface area (Å²) >= 11 is 0. The maximum Gasteiger partial charge on any atom is 0.0922 e. The number of aromatic nitrogens is 2. The van der Waals surface area contributed by atoms with Crippen LogP contribution in [0, 0.1) is 6.92 Å². The zero-order chi connectivity index (χ0) is 18.8. The average Bonchev–Trinajstić information content (AvgIpc) is 2.72. The first-order chi connectivity index (χ1) is 13.2. The highest BCUT2D eigenvalue weighted by atomic mass is 14.8. The van der Waals surface area contributed by atoms with Crippen molar-refractivity contribution in [2.24, 2.45) is 0 Å². The van der Waals surface area contributed by atoms with Crippen molar-refractivity contribution in [1.29, 1.82) is 0 Å². The van der Waals surface area contributed by atoms with E-state index in [0.717, 1.165) is 50.2 Å². The van der Waals surface area contributed by atoms with E-state index in [-0.39, 0.29) is 0 Å². The first-order valence-corrected chi connectivity index (χ1v) is 8.93. The fraction of sp³-hybridized carbons (Fsp3) is 0.0400. The van der Waals surface area contributed by atoms with E-state index in [9.17, 15) is 0 Å². The highest BCUT2D eigenvalue weighted by Crippen LogP contribution is 2.30. The van der Waals surface area contributed by atoms with Gasteiger partial charge in [-0.25, -0.2) is 9.97 Å². The lowest BCUT2D eigenvalue weighted by Crippen LogP contribution is -1.94. The third-order valence-electron chi connectivity index (χ3n) is 4.78. The Morgan fingerprint density at radius 3 is 2.04 bits per heavy atom. The first-order valence-electron chi connectivity index (χ1n) is 8.93. The Morgan fingerprint density at radius 2 is 1.37 bits per heavy atom. The molecule has 0 amide bonds. The molecule has 0 saturated carbocycles. The fourth-order valence-electron chi connectivity index (χ4n) is 3.41. The van der Waals surface area contributed by atoms with Crippen molar-refractivity contribution in [3.63, 3.8) is 0 Å². The lowest BCUT2D eigenvalue weighted by molar-refractivity contribution is 1.19. The third-order valence-corrected chi connectivity index (χ3v) is 4.78. The van der Waals surface area contributed by atoms with Crippen LogP contribution in [0.2, 0.25) is 0 Å². The lowest BCUT2D eigenvalue weighted by atomic mass is 9.94. The molecule has 0 saturated heterocycles. The normalized spacial score (nSPS) is 10.7. The smallest absolute Gasteiger partial charge is 0.0922 e. The molecule has 0 fully saturated rings. The number of fused-ring (bicyclic) bond motifs is 1. The number of aryl methyl sites for hydroxylation is 1. The van der Waals surface area contributed by atoms with E-state index in [1.165, 1.54) is 0 Å². The van der Waals surface area contributed by atoms with Crippen molar-refractivity contribution < 1.29 is 0 Å². The summed E-state index contributed by atoms with van der Waals surface area (Å²) in [5, 5.41) is 0. The predicted molar refractivity (Wildman–Crippen MR) is 115 cm³/mol. The van der Waals surface area contributed by atoms with Gasteiger partial charge in [-0.15, -0.1) is 0 Å². The molecule has 1 aromatic heterocycles. The van der Waals surface area contributed by atoms with Gasteiger partial charge in [0.25, 0.3) is 0 Å². The summed E-state index contributed by atoms with van der Waals surface area (Å²) in [5.41, 5.74) is 9.23. The second-order valence-corrected chi connectivity index (χ2v) is 6.44. The Morgan fingerprint density at radius 1 is 0.704 bits per heavy atom. The summed E-state index contributed by atoms with van der Waals surface area (Å²) in [5.74, 6) is 0. The van der Waals surface area contributed by atoms with Gasteiger partial charge in [0.1, 0.15) is 0 Å². The quantitative estimate of drug-likeness (QED) is 0.417. The zero-order valence-electron chi connectivity index (χ0n) is 15.3. The second-order valence-electron chi connectivity index (χ2n) is 6.44. The largest absolute Gasteiger partial charge is 0.249 e. The van der Waals surface area contributed by atoms with Crippen molar-refractivity contribution in [2.75, 3.05) is 0 Å². The minimum absolute atomic E-state index is 0.912. The SMILES string of the molecule is C=Cc1cccc(-c2ccc(-c3nc4ccccc4nc3C)cc2)c1C=C. The highest BCUT2D eigenvalue weighted by molar-refractivity contribution is 5.82. The van der Waals surface area contributed by atoms with Crippen LogP contribution >= 0.6 is 0 Å². The van der Waals surface area contributed by atoms with E-state index in [1.807, 2.05) is 49.4 Å². The standard InChI is InChI=1S/C25H20N2/c1-4-18-9-8-10-22(21(18)5-2)19-13-15-20(16-14-19)25-17(3)26-23-11-6-7-12-24(23)27-25/h4-16H,1-2H2,3H3. The Bertz CT molecular complexity index is 1150. The van der Waals surface area contributed by atoms with E-state index in [1.54, 1.807) is 0 Å². The molecular weight excluding hydrogens is 328 g/mol. The van der Waals surface area contributed by atoms with Gasteiger partial charge in [-0.3, -0.25) is 0 Å². The average molecular weight is 348 g/mol. The van der Waals surface area contributed by atoms with Crippen LogP contribution in [0.4, 0.5) is 0 Å². The van der Waals surface area contributed by atoms with Gasteiger partial charge in [0, 0.05) is 5.56 Å². The summed E-state index contributed by atoms with van der Waals surface area (Å²) in [4.78, 5) is 9.51. The molecular formula is C25H20N2. The summed E-state index contributed by atoms with van der Waals surface area (Å²) < 4.78 is 0. The molecule has 0 atom stereocenters. The van der Waals surface area contributed by atoms with Gasteiger partial charge < -0.3 is 0 Å². The van der Waals surface area contributed by atoms with Gasteiger partial charge >= 0.3 is 0 Å². The van der Waals surface area contributed by atoms with Crippen molar-refractivity contribution in [3.8, 4) is 22.4 Å². The van der Waals surface area contributed by atoms with E-state index >= 15 is 0 Å². The molecule has 4 rings (SSSR count). The second kappa shape index (κ2) is 7.00. The number of benzene rings is 3. The van der Waals surface area contributed by atoms with Crippen molar-refractivity contribution in [2.45, 2.75) is 6.92 Å². The fourth-order valence-corrected chi connectivity index (χ4v) is 3.41. The molecule has 0 radical (unpaired) electrons. The van der Waals surface area contributed by atoms with Crippen LogP contribution in [-0.2, 0) is 0 Å². The zero-order valence-corrected chi connectivity index (χ0v) is 15.3. The van der Waals surface area contributed by atoms with Crippen molar-refractivity contribution >= 4 is 23.2 Å². The number of rotatable bonds is 4. The Hall–Kier alpha value is -3.52. The highest BCUT2D eigenvalue weighted by Gasteiger charge is 2.10. The molecule has 0 unspecified atom stereocenters. The Labute approximate surface area is 159 Å². The Kier molecular flexibility index (Phi) is 4.39. The van der Waals surface area contributed by atoms with Crippen LogP contribution < -0.4 is 0 Å². The molecule has 0 aliphatic rings. The molecule has 0 aliphatic carbocycles. The molecule has 0 bridgehead atoms. The molecule has 0 aliphatic heterocycles. The van der Waals surface area contributed by atoms with Gasteiger partial charge in [-0.05, 0) is 41.3 Å². The predicted octanol–water partition coefficient (Wildman–Crippen LogP) is 6.56. The maximum atomic E-state index is 4.82. The van der Waals surface area contributed by atoms with Crippen LogP contribution in [-0.4, -0.2) is 9.97 Å². The molecule has 0 spiro atoms. The molecule has 3 aromatic carbocycles. The van der Waals surface area contributed by atoms with Crippen LogP contribution in [0.15, 0.2) is 79.9 Å². The van der Waals surface area contributed by atoms with Crippen molar-refractivity contribution in [3.05, 3.63) is 96.7 Å². The number of hydrogen-bond donors (Lipinski definition) is 0. The summed E-state index contributed by atoms with van der Waals surface area (Å²) in [6.07, 6.45) is 3.75. The molecule has 0 N–H and O–H groups in total. The molecule has 4 aromatic rings. The minimum atomic E-state index is 0.912. The van der Waals surface area contributed by atoms with Crippen LogP contribution in [0.1, 0.15) is 16.8 Å². The van der Waals surface area contributed by atoms with Crippen LogP contribution in [0.25, 0.3) is 45.6 Å². The van der Waals surface area contributed by atoms with E-state index in [0.29, 0.717) is 0 Å². The van der Waals surface area contributed by atoms with E-state index < -0.39 is 0 Å². The van der Waals surface area contributed by atoms with Crippen molar-refractivity contribution in [1.82, 2.24) is 9.97 Å². The summed E-state index contributed by atoms with van der Waals surface area (Å²) in [6, 6.07) is 22.6. The minimum Gasteiger partial charge on any atom is -0.249 e. The third kappa shape index (κ3) is 3.06. The monoisotopic (exact) mass is 348 g/mol. The Balaban J connectivity index is 1.79. The van der Waals surface area contributed by atoms with Gasteiger partial charge in [-0.1, -0.05) is 79.9 Å². The van der Waals surface area contributed by atoms with Gasteiger partial charge in [-0.2, -0.15) is 0 Å². The van der Waals surface area contributed by atoms with E-state index in [4.69, 9.17) is 9.97 Å². The summed E-state index contributed by atoms with van der Waals surface area (Å²) in [6.45, 7) is 9.87. The van der Waals surface area contributed by atoms with Gasteiger partial charge in [0.15, 0.2) is 0 Å². The van der Waals surface area contributed by atoms with E-state index in [2.05, 4.69) is 49.6 Å². The van der Waals surface area contributed by atoms with Crippen LogP contribution in [0.3, 0.4) is 0 Å². The molecule has 27 heavy (non-hydrogen) atoms. The molecule has 130 valence electrons. The van der Waals surface area contributed by atoms with Crippen LogP contribution in [0.5, 0.6) is 0 Å². The first kappa shape index (κ1) is 16.9. The maximum absolute atomic E-state index is 4.82. The molecule has 1 heterocycles. The number of para-hydroxylation sites is 2. The number of hydrogen-bond acceptors (Lipinski definition) is 2. The topological polar surface area (TPSA) is 25.8 Å². The lowest BCUT2D eigenvalue weighted by Gasteiger charge is -2.11. The van der Waals surface area contributed by atoms with Gasteiger partial charge in [0.05, 0.1) is 22.4 Å². The molecule has 2 heteroatoms. The summed E-state index contributed by atoms with van der Waals surface area (Å²) in [7, 11) is 0.